The average Bonchev–Trinajstić information content (AvgIpc) is 3.05. The van der Waals surface area contributed by atoms with Crippen LogP contribution in [0.3, 0.4) is 0 Å². The molecule has 2 atom stereocenters. The summed E-state index contributed by atoms with van der Waals surface area (Å²) < 4.78 is 5.59. The summed E-state index contributed by atoms with van der Waals surface area (Å²) in [5.41, 5.74) is 0.805. The van der Waals surface area contributed by atoms with E-state index in [1.165, 1.54) is 31.0 Å². The van der Waals surface area contributed by atoms with Crippen molar-refractivity contribution >= 4 is 29.3 Å². The summed E-state index contributed by atoms with van der Waals surface area (Å²) in [6.45, 7) is 2.20. The lowest BCUT2D eigenvalue weighted by atomic mass is 9.86. The molecule has 0 spiro atoms. The van der Waals surface area contributed by atoms with Crippen LogP contribution in [0.5, 0.6) is 0 Å². The molecule has 1 aromatic carbocycles. The van der Waals surface area contributed by atoms with Crippen molar-refractivity contribution in [2.45, 2.75) is 43.9 Å². The number of rotatable bonds is 5. The van der Waals surface area contributed by atoms with Crippen LogP contribution in [0.25, 0.3) is 11.5 Å². The fraction of sp³-hybridized carbons (Fsp3) is 0.471. The predicted molar refractivity (Wildman–Crippen MR) is 95.0 cm³/mol. The molecule has 0 bridgehead atoms. The van der Waals surface area contributed by atoms with Gasteiger partial charge in [-0.2, -0.15) is 0 Å². The third-order valence-corrected chi connectivity index (χ3v) is 5.35. The van der Waals surface area contributed by atoms with Gasteiger partial charge in [-0.3, -0.25) is 4.79 Å². The maximum Gasteiger partial charge on any atom is 0.277 e. The van der Waals surface area contributed by atoms with E-state index in [0.29, 0.717) is 28.1 Å². The fourth-order valence-corrected chi connectivity index (χ4v) is 3.58. The van der Waals surface area contributed by atoms with Gasteiger partial charge in [0.2, 0.25) is 11.8 Å². The number of hydrogen-bond acceptors (Lipinski definition) is 5. The zero-order valence-corrected chi connectivity index (χ0v) is 15.1. The molecule has 1 heterocycles. The van der Waals surface area contributed by atoms with Gasteiger partial charge in [0.1, 0.15) is 0 Å². The third-order valence-electron chi connectivity index (χ3n) is 4.28. The van der Waals surface area contributed by atoms with Gasteiger partial charge < -0.3 is 9.73 Å². The Labute approximate surface area is 150 Å². The van der Waals surface area contributed by atoms with Gasteiger partial charge in [-0.1, -0.05) is 43.1 Å². The molecule has 7 heteroatoms. The molecule has 0 saturated heterocycles. The second-order valence-electron chi connectivity index (χ2n) is 6.10. The second kappa shape index (κ2) is 8.03. The number of hydrogen-bond donors (Lipinski definition) is 1. The Morgan fingerprint density at radius 1 is 1.29 bits per heavy atom. The van der Waals surface area contributed by atoms with Gasteiger partial charge in [0.05, 0.1) is 5.75 Å². The van der Waals surface area contributed by atoms with Gasteiger partial charge in [0.25, 0.3) is 5.22 Å². The van der Waals surface area contributed by atoms with Gasteiger partial charge in [0.15, 0.2) is 0 Å². The van der Waals surface area contributed by atoms with E-state index in [2.05, 4.69) is 22.4 Å². The Balaban J connectivity index is 1.51. The number of halogens is 1. The Hall–Kier alpha value is -1.53. The highest BCUT2D eigenvalue weighted by Gasteiger charge is 2.23. The molecule has 0 unspecified atom stereocenters. The van der Waals surface area contributed by atoms with Crippen molar-refractivity contribution in [2.75, 3.05) is 5.75 Å². The molecule has 3 rings (SSSR count). The first-order valence-corrected chi connectivity index (χ1v) is 9.50. The molecule has 5 nitrogen and oxygen atoms in total. The minimum atomic E-state index is 0.0185. The second-order valence-corrected chi connectivity index (χ2v) is 7.47. The summed E-state index contributed by atoms with van der Waals surface area (Å²) in [6, 6.07) is 7.47. The van der Waals surface area contributed by atoms with Crippen molar-refractivity contribution in [3.8, 4) is 11.5 Å². The lowest BCUT2D eigenvalue weighted by molar-refractivity contribution is -0.119. The lowest BCUT2D eigenvalue weighted by Gasteiger charge is -2.29. The van der Waals surface area contributed by atoms with Crippen LogP contribution in [0.4, 0.5) is 0 Å². The minimum absolute atomic E-state index is 0.0185. The Bertz CT molecular complexity index is 689. The van der Waals surface area contributed by atoms with Crippen molar-refractivity contribution in [2.24, 2.45) is 5.92 Å². The SMILES string of the molecule is C[C@H]1CCCC[C@H]1NC(=O)CSc1nnc(-c2ccc(Cl)cc2)o1. The van der Waals surface area contributed by atoms with Gasteiger partial charge in [-0.25, -0.2) is 0 Å². The van der Waals surface area contributed by atoms with Crippen molar-refractivity contribution in [1.29, 1.82) is 0 Å². The molecule has 0 aliphatic heterocycles. The van der Waals surface area contributed by atoms with Gasteiger partial charge in [-0.05, 0) is 43.0 Å². The van der Waals surface area contributed by atoms with Crippen molar-refractivity contribution < 1.29 is 9.21 Å². The molecule has 1 N–H and O–H groups in total. The lowest BCUT2D eigenvalue weighted by Crippen LogP contribution is -2.41. The molecule has 1 saturated carbocycles. The highest BCUT2D eigenvalue weighted by Crippen LogP contribution is 2.26. The van der Waals surface area contributed by atoms with Crippen LogP contribution in [-0.4, -0.2) is 27.9 Å². The molecule has 1 amide bonds. The van der Waals surface area contributed by atoms with Crippen LogP contribution in [0.1, 0.15) is 32.6 Å². The standard InChI is InChI=1S/C17H20ClN3O2S/c1-11-4-2-3-5-14(11)19-15(22)10-24-17-21-20-16(23-17)12-6-8-13(18)9-7-12/h6-9,11,14H,2-5,10H2,1H3,(H,19,22)/t11-,14+/m0/s1. The molecule has 1 aliphatic carbocycles. The summed E-state index contributed by atoms with van der Waals surface area (Å²) in [4.78, 5) is 12.1. The number of benzene rings is 1. The van der Waals surface area contributed by atoms with E-state index >= 15 is 0 Å². The van der Waals surface area contributed by atoms with Crippen LogP contribution < -0.4 is 5.32 Å². The first-order valence-electron chi connectivity index (χ1n) is 8.13. The number of amides is 1. The molecule has 128 valence electrons. The van der Waals surface area contributed by atoms with Gasteiger partial charge in [-0.15, -0.1) is 10.2 Å². The van der Waals surface area contributed by atoms with Crippen LogP contribution in [0.2, 0.25) is 5.02 Å². The minimum Gasteiger partial charge on any atom is -0.411 e. The number of carbonyl (C=O) groups excluding carboxylic acids is 1. The monoisotopic (exact) mass is 365 g/mol. The zero-order valence-electron chi connectivity index (χ0n) is 13.5. The molecular formula is C17H20ClN3O2S. The highest BCUT2D eigenvalue weighted by molar-refractivity contribution is 7.99. The number of nitrogens with zero attached hydrogens (tertiary/aromatic N) is 2. The molecule has 1 aromatic heterocycles. The van der Waals surface area contributed by atoms with E-state index in [1.54, 1.807) is 12.1 Å². The summed E-state index contributed by atoms with van der Waals surface area (Å²) >= 11 is 7.12. The molecular weight excluding hydrogens is 346 g/mol. The van der Waals surface area contributed by atoms with Crippen molar-refractivity contribution in [3.05, 3.63) is 29.3 Å². The number of carbonyl (C=O) groups is 1. The van der Waals surface area contributed by atoms with E-state index in [1.807, 2.05) is 12.1 Å². The topological polar surface area (TPSA) is 68.0 Å². The summed E-state index contributed by atoms with van der Waals surface area (Å²) in [7, 11) is 0. The van der Waals surface area contributed by atoms with E-state index in [4.69, 9.17) is 16.0 Å². The summed E-state index contributed by atoms with van der Waals surface area (Å²) in [5.74, 6) is 1.28. The summed E-state index contributed by atoms with van der Waals surface area (Å²) in [6.07, 6.45) is 4.71. The largest absolute Gasteiger partial charge is 0.411 e. The van der Waals surface area contributed by atoms with Crippen LogP contribution in [0, 0.1) is 5.92 Å². The number of nitrogens with one attached hydrogen (secondary N) is 1. The number of thioether (sulfide) groups is 1. The smallest absolute Gasteiger partial charge is 0.277 e. The number of aromatic nitrogens is 2. The van der Waals surface area contributed by atoms with Crippen LogP contribution >= 0.6 is 23.4 Å². The van der Waals surface area contributed by atoms with Gasteiger partial charge in [0, 0.05) is 16.6 Å². The Morgan fingerprint density at radius 2 is 2.04 bits per heavy atom. The molecule has 1 aliphatic rings. The predicted octanol–water partition coefficient (Wildman–Crippen LogP) is 4.18. The van der Waals surface area contributed by atoms with E-state index < -0.39 is 0 Å². The Kier molecular flexibility index (Phi) is 5.79. The average molecular weight is 366 g/mol. The molecule has 2 aromatic rings. The van der Waals surface area contributed by atoms with E-state index in [0.717, 1.165) is 12.0 Å². The quantitative estimate of drug-likeness (QED) is 0.805. The molecule has 24 heavy (non-hydrogen) atoms. The summed E-state index contributed by atoms with van der Waals surface area (Å²) in [5, 5.41) is 12.2. The van der Waals surface area contributed by atoms with Crippen LogP contribution in [0.15, 0.2) is 33.9 Å². The fourth-order valence-electron chi connectivity index (χ4n) is 2.88. The molecule has 1 fully saturated rings. The Morgan fingerprint density at radius 3 is 2.79 bits per heavy atom. The third kappa shape index (κ3) is 4.51. The first kappa shape index (κ1) is 17.3. The maximum atomic E-state index is 12.1. The zero-order chi connectivity index (χ0) is 16.9. The van der Waals surface area contributed by atoms with Crippen molar-refractivity contribution in [3.63, 3.8) is 0 Å². The van der Waals surface area contributed by atoms with E-state index in [9.17, 15) is 4.79 Å². The highest BCUT2D eigenvalue weighted by atomic mass is 35.5. The normalized spacial score (nSPS) is 20.8. The first-order chi connectivity index (χ1) is 11.6. The van der Waals surface area contributed by atoms with Crippen molar-refractivity contribution in [1.82, 2.24) is 15.5 Å². The van der Waals surface area contributed by atoms with E-state index in [-0.39, 0.29) is 11.7 Å². The van der Waals surface area contributed by atoms with Gasteiger partial charge >= 0.3 is 0 Å². The molecule has 0 radical (unpaired) electrons. The van der Waals surface area contributed by atoms with Crippen LogP contribution in [-0.2, 0) is 4.79 Å². The maximum absolute atomic E-state index is 12.1.